The SMILES string of the molecule is CCCSCc1noc(CSCC#N)n1. The van der Waals surface area contributed by atoms with Crippen LogP contribution < -0.4 is 0 Å². The summed E-state index contributed by atoms with van der Waals surface area (Å²) in [6.07, 6.45) is 1.16. The molecule has 0 fully saturated rings. The minimum absolute atomic E-state index is 0.461. The van der Waals surface area contributed by atoms with E-state index in [2.05, 4.69) is 23.1 Å². The summed E-state index contributed by atoms with van der Waals surface area (Å²) in [4.78, 5) is 4.23. The lowest BCUT2D eigenvalue weighted by molar-refractivity contribution is 0.386. The van der Waals surface area contributed by atoms with Crippen LogP contribution in [0.4, 0.5) is 0 Å². The normalized spacial score (nSPS) is 10.1. The fourth-order valence-electron chi connectivity index (χ4n) is 0.899. The Hall–Kier alpha value is -0.670. The molecule has 82 valence electrons. The van der Waals surface area contributed by atoms with Gasteiger partial charge in [0, 0.05) is 0 Å². The van der Waals surface area contributed by atoms with Crippen LogP contribution in [0.2, 0.25) is 0 Å². The molecule has 0 amide bonds. The van der Waals surface area contributed by atoms with Crippen LogP contribution >= 0.6 is 23.5 Å². The van der Waals surface area contributed by atoms with E-state index in [1.807, 2.05) is 0 Å². The molecule has 0 N–H and O–H groups in total. The molecule has 6 heteroatoms. The second-order valence-corrected chi connectivity index (χ2v) is 4.90. The van der Waals surface area contributed by atoms with Gasteiger partial charge in [-0.25, -0.2) is 0 Å². The van der Waals surface area contributed by atoms with Gasteiger partial charge in [-0.05, 0) is 12.2 Å². The van der Waals surface area contributed by atoms with Gasteiger partial charge < -0.3 is 4.52 Å². The number of aromatic nitrogens is 2. The van der Waals surface area contributed by atoms with Crippen LogP contribution in [0.15, 0.2) is 4.52 Å². The van der Waals surface area contributed by atoms with Crippen LogP contribution in [0.25, 0.3) is 0 Å². The van der Waals surface area contributed by atoms with Crippen molar-refractivity contribution in [3.05, 3.63) is 11.7 Å². The molecule has 0 bridgehead atoms. The van der Waals surface area contributed by atoms with Gasteiger partial charge in [-0.15, -0.1) is 11.8 Å². The quantitative estimate of drug-likeness (QED) is 0.685. The first-order valence-electron chi connectivity index (χ1n) is 4.70. The number of nitriles is 1. The Morgan fingerprint density at radius 3 is 3.00 bits per heavy atom. The first-order chi connectivity index (χ1) is 7.36. The van der Waals surface area contributed by atoms with Crippen molar-refractivity contribution in [2.75, 3.05) is 11.5 Å². The number of rotatable bonds is 7. The molecule has 0 aliphatic heterocycles. The number of hydrogen-bond acceptors (Lipinski definition) is 6. The summed E-state index contributed by atoms with van der Waals surface area (Å²) in [6, 6.07) is 2.06. The molecule has 1 aromatic rings. The minimum Gasteiger partial charge on any atom is -0.338 e. The molecular weight excluding hydrogens is 230 g/mol. The summed E-state index contributed by atoms with van der Waals surface area (Å²) >= 11 is 3.29. The third kappa shape index (κ3) is 5.09. The van der Waals surface area contributed by atoms with Crippen molar-refractivity contribution in [2.45, 2.75) is 24.9 Å². The molecule has 15 heavy (non-hydrogen) atoms. The van der Waals surface area contributed by atoms with Gasteiger partial charge in [0.1, 0.15) is 0 Å². The fraction of sp³-hybridized carbons (Fsp3) is 0.667. The van der Waals surface area contributed by atoms with Gasteiger partial charge in [0.2, 0.25) is 5.89 Å². The molecule has 1 heterocycles. The fourth-order valence-corrected chi connectivity index (χ4v) is 2.12. The molecule has 0 saturated heterocycles. The highest BCUT2D eigenvalue weighted by Crippen LogP contribution is 2.13. The highest BCUT2D eigenvalue weighted by molar-refractivity contribution is 7.98. The third-order valence-corrected chi connectivity index (χ3v) is 3.43. The van der Waals surface area contributed by atoms with Crippen molar-refractivity contribution in [1.82, 2.24) is 10.1 Å². The van der Waals surface area contributed by atoms with E-state index in [1.54, 1.807) is 11.8 Å². The Balaban J connectivity index is 2.26. The first kappa shape index (κ1) is 12.4. The van der Waals surface area contributed by atoms with Gasteiger partial charge in [0.05, 0.1) is 23.3 Å². The molecule has 4 nitrogen and oxygen atoms in total. The lowest BCUT2D eigenvalue weighted by Crippen LogP contribution is -1.86. The lowest BCUT2D eigenvalue weighted by atomic mass is 10.6. The van der Waals surface area contributed by atoms with Gasteiger partial charge in [-0.3, -0.25) is 0 Å². The standard InChI is InChI=1S/C9H13N3OS2/c1-2-4-14-6-8-11-9(13-12-8)7-15-5-3-10/h2,4-7H2,1H3. The molecular formula is C9H13N3OS2. The zero-order valence-electron chi connectivity index (χ0n) is 8.60. The molecule has 0 unspecified atom stereocenters. The molecule has 0 aliphatic carbocycles. The second kappa shape index (κ2) is 7.60. The van der Waals surface area contributed by atoms with E-state index in [4.69, 9.17) is 9.78 Å². The molecule has 0 saturated carbocycles. The van der Waals surface area contributed by atoms with Crippen LogP contribution in [0.1, 0.15) is 25.1 Å². The zero-order chi connectivity index (χ0) is 10.9. The summed E-state index contributed by atoms with van der Waals surface area (Å²) in [5, 5.41) is 12.2. The van der Waals surface area contributed by atoms with E-state index in [1.165, 1.54) is 11.8 Å². The zero-order valence-corrected chi connectivity index (χ0v) is 10.2. The van der Waals surface area contributed by atoms with E-state index >= 15 is 0 Å². The van der Waals surface area contributed by atoms with Crippen molar-refractivity contribution in [2.24, 2.45) is 0 Å². The smallest absolute Gasteiger partial charge is 0.236 e. The highest BCUT2D eigenvalue weighted by atomic mass is 32.2. The monoisotopic (exact) mass is 243 g/mol. The van der Waals surface area contributed by atoms with Crippen molar-refractivity contribution >= 4 is 23.5 Å². The van der Waals surface area contributed by atoms with E-state index in [0.717, 1.165) is 23.8 Å². The minimum atomic E-state index is 0.461. The summed E-state index contributed by atoms with van der Waals surface area (Å²) in [7, 11) is 0. The molecule has 1 rings (SSSR count). The number of hydrogen-bond donors (Lipinski definition) is 0. The summed E-state index contributed by atoms with van der Waals surface area (Å²) in [6.45, 7) is 2.15. The van der Waals surface area contributed by atoms with Gasteiger partial charge >= 0.3 is 0 Å². The van der Waals surface area contributed by atoms with Crippen LogP contribution in [-0.2, 0) is 11.5 Å². The van der Waals surface area contributed by atoms with Crippen LogP contribution in [0.5, 0.6) is 0 Å². The third-order valence-electron chi connectivity index (χ3n) is 1.48. The molecule has 0 spiro atoms. The summed E-state index contributed by atoms with van der Waals surface area (Å²) in [5.41, 5.74) is 0. The number of nitrogens with zero attached hydrogens (tertiary/aromatic N) is 3. The molecule has 0 aromatic carbocycles. The Labute approximate surface area is 97.8 Å². The second-order valence-electron chi connectivity index (χ2n) is 2.81. The van der Waals surface area contributed by atoms with Crippen LogP contribution in [0, 0.1) is 11.3 Å². The maximum absolute atomic E-state index is 8.35. The lowest BCUT2D eigenvalue weighted by Gasteiger charge is -1.91. The molecule has 0 radical (unpaired) electrons. The Bertz CT molecular complexity index is 321. The topological polar surface area (TPSA) is 62.7 Å². The number of thioether (sulfide) groups is 2. The summed E-state index contributed by atoms with van der Waals surface area (Å²) < 4.78 is 5.04. The average Bonchev–Trinajstić information content (AvgIpc) is 2.67. The first-order valence-corrected chi connectivity index (χ1v) is 7.01. The van der Waals surface area contributed by atoms with Crippen LogP contribution in [0.3, 0.4) is 0 Å². The van der Waals surface area contributed by atoms with E-state index in [-0.39, 0.29) is 0 Å². The van der Waals surface area contributed by atoms with E-state index in [9.17, 15) is 0 Å². The summed E-state index contributed by atoms with van der Waals surface area (Å²) in [5.74, 6) is 4.37. The maximum atomic E-state index is 8.35. The largest absolute Gasteiger partial charge is 0.338 e. The van der Waals surface area contributed by atoms with Gasteiger partial charge in [0.15, 0.2) is 5.82 Å². The Morgan fingerprint density at radius 1 is 1.40 bits per heavy atom. The van der Waals surface area contributed by atoms with E-state index in [0.29, 0.717) is 17.4 Å². The Morgan fingerprint density at radius 2 is 2.27 bits per heavy atom. The van der Waals surface area contributed by atoms with Gasteiger partial charge in [0.25, 0.3) is 0 Å². The van der Waals surface area contributed by atoms with Crippen molar-refractivity contribution in [3.8, 4) is 6.07 Å². The van der Waals surface area contributed by atoms with Crippen molar-refractivity contribution in [1.29, 1.82) is 5.26 Å². The molecule has 0 aliphatic rings. The Kier molecular flexibility index (Phi) is 6.28. The maximum Gasteiger partial charge on any atom is 0.236 e. The van der Waals surface area contributed by atoms with E-state index < -0.39 is 0 Å². The molecule has 0 atom stereocenters. The molecule has 1 aromatic heterocycles. The van der Waals surface area contributed by atoms with Gasteiger partial charge in [-0.2, -0.15) is 22.0 Å². The average molecular weight is 243 g/mol. The predicted octanol–water partition coefficient (Wildman–Crippen LogP) is 2.47. The van der Waals surface area contributed by atoms with Gasteiger partial charge in [-0.1, -0.05) is 12.1 Å². The van der Waals surface area contributed by atoms with Crippen LogP contribution in [-0.4, -0.2) is 21.6 Å². The van der Waals surface area contributed by atoms with Crippen molar-refractivity contribution < 1.29 is 4.52 Å². The highest BCUT2D eigenvalue weighted by Gasteiger charge is 2.05. The van der Waals surface area contributed by atoms with Crippen molar-refractivity contribution in [3.63, 3.8) is 0 Å². The predicted molar refractivity (Wildman–Crippen MR) is 62.5 cm³/mol.